The summed E-state index contributed by atoms with van der Waals surface area (Å²) in [5.74, 6) is -6.01. The first-order chi connectivity index (χ1) is 57.4. The van der Waals surface area contributed by atoms with Crippen LogP contribution in [0.2, 0.25) is 0 Å². The molecule has 2 aromatic carbocycles. The Morgan fingerprint density at radius 3 is 1.11 bits per heavy atom. The number of benzene rings is 2. The molecule has 2 amide bonds. The van der Waals surface area contributed by atoms with E-state index in [4.69, 9.17) is 42.6 Å². The number of ketones is 4. The number of fused-ring (bicyclic) bond motifs is 10. The Morgan fingerprint density at radius 1 is 0.430 bits per heavy atom. The highest BCUT2D eigenvalue weighted by Gasteiger charge is 2.55. The van der Waals surface area contributed by atoms with E-state index in [0.29, 0.717) is 115 Å². The predicted molar refractivity (Wildman–Crippen MR) is 437 cm³/mol. The first kappa shape index (κ1) is 89.5. The molecule has 5 fully saturated rings. The third kappa shape index (κ3) is 16.4. The number of ether oxygens (including phenoxy) is 9. The average molecular weight is 1880 g/mol. The van der Waals surface area contributed by atoms with Gasteiger partial charge in [-0.25, -0.2) is 17.6 Å². The first-order valence-corrected chi connectivity index (χ1v) is 41.9. The van der Waals surface area contributed by atoms with Crippen molar-refractivity contribution in [3.63, 3.8) is 0 Å². The molecule has 17 rings (SSSR count). The smallest absolute Gasteiger partial charge is 0.257 e. The molecule has 10 aliphatic rings. The normalized spacial score (nSPS) is 26.3. The highest BCUT2D eigenvalue weighted by atomic mass is 79.9. The zero-order valence-corrected chi connectivity index (χ0v) is 72.6. The SMILES string of the molecule is COc1c2n(cc(Br)c1=O)CC1OCCC[C@]1(C)C2O.COc1c2n(cc(Br)c1=O)C[C@@H]1OCCC[C@]1(C)C2=O.COc1c2n(cc(Br)c1=O)C[C@H]1OCCC[C@]1(C)C2=O.COc1c2n(cc(C(=O)NCc3ccc(F)cc3F)c1=O)C[C@@H]1OCCC[C@]1(C)C2=O.C[C@]12CCCO[C@H]1Cn1cc(C(=O)NCc3ccc(F)cc3F)c(=O)c(O)c1C2=O. The minimum atomic E-state index is -0.981. The molecule has 11 atom stereocenters. The maximum Gasteiger partial charge on any atom is 0.257 e. The molecule has 0 saturated carbocycles. The maximum absolute atomic E-state index is 13.8. The number of aliphatic hydroxyl groups is 1. The van der Waals surface area contributed by atoms with Crippen LogP contribution in [0.25, 0.3) is 0 Å². The Bertz CT molecular complexity index is 5570. The zero-order valence-electron chi connectivity index (χ0n) is 67.8. The quantitative estimate of drug-likeness (QED) is 0.0924. The number of aliphatic hydroxyl groups excluding tert-OH is 1. The van der Waals surface area contributed by atoms with Crippen molar-refractivity contribution in [2.45, 2.75) is 181 Å². The van der Waals surface area contributed by atoms with Crippen LogP contribution in [0.4, 0.5) is 17.6 Å². The molecule has 648 valence electrons. The standard InChI is InChI=1S/C22H22F2N2O5.C21H20F2N2O5.C14H18BrNO4.2C14H16BrNO4/c1-22-6-3-7-31-16(22)11-26-10-14(18(27)19(30-2)17(26)20(22)28)21(29)25-9-12-4-5-13(23)8-15(12)24;1-21-5-2-6-30-15(21)10-25-9-13(17(26)18(27)16(25)19(21)28)20(29)24-8-11-3-4-12(22)7-14(11)23;3*1-14-4-3-5-20-9(14)7-16-6-8(15)11(17)12(19-2)10(16)13(14)18/h4-5,8,10,16H,3,6-7,9,11H2,1-2H3,(H,25,29);3-4,7,9,15,27H,2,5-6,8,10H2,1H3,(H,24,29);6,9,13,18H,3-5,7H2,1-2H3;2*6,9H,3-5,7H2,1-2H3/t16-,22-;15-,21-;9?,13?,14-;9-,14+;9-,14-/m00010/s1. The van der Waals surface area contributed by atoms with Gasteiger partial charge in [-0.05, 0) is 152 Å². The second kappa shape index (κ2) is 35.5. The molecule has 29 nitrogen and oxygen atoms in total. The summed E-state index contributed by atoms with van der Waals surface area (Å²) in [7, 11) is 5.57. The van der Waals surface area contributed by atoms with Gasteiger partial charge in [-0.1, -0.05) is 19.1 Å². The summed E-state index contributed by atoms with van der Waals surface area (Å²) in [6, 6.07) is 5.93. The van der Waals surface area contributed by atoms with Crippen molar-refractivity contribution in [1.82, 2.24) is 33.5 Å². The molecule has 7 aromatic rings. The van der Waals surface area contributed by atoms with Gasteiger partial charge in [0.1, 0.15) is 63.3 Å². The van der Waals surface area contributed by atoms with Crippen molar-refractivity contribution in [3.05, 3.63) is 206 Å². The molecule has 36 heteroatoms. The lowest BCUT2D eigenvalue weighted by molar-refractivity contribution is -0.153. The Hall–Kier alpha value is -9.27. The molecule has 4 N–H and O–H groups in total. The minimum absolute atomic E-state index is 0.0357. The summed E-state index contributed by atoms with van der Waals surface area (Å²) in [5, 5.41) is 26.1. The number of pyridine rings is 5. The van der Waals surface area contributed by atoms with Gasteiger partial charge in [-0.3, -0.25) is 52.7 Å². The number of rotatable bonds is 10. The van der Waals surface area contributed by atoms with Crippen LogP contribution in [-0.4, -0.2) is 160 Å². The number of amides is 2. The molecule has 121 heavy (non-hydrogen) atoms. The number of nitrogens with one attached hydrogen (secondary N) is 2. The molecule has 5 aromatic heterocycles. The van der Waals surface area contributed by atoms with E-state index in [2.05, 4.69) is 58.4 Å². The third-order valence-corrected chi connectivity index (χ3v) is 27.1. The number of aromatic hydroxyl groups is 1. The van der Waals surface area contributed by atoms with Crippen molar-refractivity contribution in [2.24, 2.45) is 27.1 Å². The van der Waals surface area contributed by atoms with Crippen LogP contribution in [-0.2, 0) is 69.5 Å². The minimum Gasteiger partial charge on any atom is -0.503 e. The molecule has 0 bridgehead atoms. The second-order valence-corrected chi connectivity index (χ2v) is 35.3. The van der Waals surface area contributed by atoms with E-state index < -0.39 is 91.3 Å². The fraction of sp³-hybridized carbons (Fsp3) is 0.494. The van der Waals surface area contributed by atoms with E-state index in [1.54, 1.807) is 34.6 Å². The summed E-state index contributed by atoms with van der Waals surface area (Å²) in [6.45, 7) is 14.3. The summed E-state index contributed by atoms with van der Waals surface area (Å²) in [5.41, 5.74) is -4.84. The number of carbonyl (C=O) groups excluding carboxylic acids is 6. The van der Waals surface area contributed by atoms with Gasteiger partial charge in [0, 0.05) is 112 Å². The van der Waals surface area contributed by atoms with Gasteiger partial charge in [0.05, 0.1) is 126 Å². The van der Waals surface area contributed by atoms with Crippen LogP contribution < -0.4 is 56.7 Å². The third-order valence-electron chi connectivity index (χ3n) is 25.4. The molecule has 2 unspecified atom stereocenters. The van der Waals surface area contributed by atoms with Gasteiger partial charge in [-0.2, -0.15) is 0 Å². The number of methoxy groups -OCH3 is 4. The van der Waals surface area contributed by atoms with Crippen LogP contribution in [0.3, 0.4) is 0 Å². The number of nitrogens with zero attached hydrogens (tertiary/aromatic N) is 5. The Kier molecular flexibility index (Phi) is 26.3. The van der Waals surface area contributed by atoms with Crippen molar-refractivity contribution in [1.29, 1.82) is 0 Å². The number of aromatic nitrogens is 5. The van der Waals surface area contributed by atoms with Crippen LogP contribution in [0, 0.1) is 50.3 Å². The number of hydrogen-bond donors (Lipinski definition) is 4. The second-order valence-electron chi connectivity index (χ2n) is 32.7. The zero-order chi connectivity index (χ0) is 87.4. The number of halogens is 7. The van der Waals surface area contributed by atoms with Gasteiger partial charge in [-0.15, -0.1) is 0 Å². The molecule has 5 saturated heterocycles. The topological polar surface area (TPSA) is 360 Å². The Labute approximate surface area is 715 Å². The van der Waals surface area contributed by atoms with E-state index in [1.807, 2.05) is 32.3 Å². The van der Waals surface area contributed by atoms with Gasteiger partial charge in [0.15, 0.2) is 51.9 Å². The molecular weight excluding hydrogens is 1790 g/mol. The van der Waals surface area contributed by atoms with E-state index in [0.717, 1.165) is 63.7 Å². The fourth-order valence-corrected chi connectivity index (χ4v) is 19.3. The highest BCUT2D eigenvalue weighted by Crippen LogP contribution is 2.52. The fourth-order valence-electron chi connectivity index (χ4n) is 18.0. The van der Waals surface area contributed by atoms with Gasteiger partial charge < -0.3 is 86.3 Å². The summed E-state index contributed by atoms with van der Waals surface area (Å²) >= 11 is 9.70. The molecule has 0 spiro atoms. The van der Waals surface area contributed by atoms with Gasteiger partial charge in [0.2, 0.25) is 27.1 Å². The largest absolute Gasteiger partial charge is 0.503 e. The van der Waals surface area contributed by atoms with Crippen LogP contribution >= 0.6 is 47.8 Å². The highest BCUT2D eigenvalue weighted by molar-refractivity contribution is 9.11. The molecule has 15 heterocycles. The van der Waals surface area contributed by atoms with Crippen molar-refractivity contribution in [3.8, 4) is 28.7 Å². The van der Waals surface area contributed by atoms with Crippen molar-refractivity contribution in [2.75, 3.05) is 61.5 Å². The monoisotopic (exact) mass is 1880 g/mol. The van der Waals surface area contributed by atoms with Gasteiger partial charge >= 0.3 is 0 Å². The first-order valence-electron chi connectivity index (χ1n) is 39.5. The van der Waals surface area contributed by atoms with E-state index >= 15 is 0 Å². The molecule has 0 radical (unpaired) electrons. The summed E-state index contributed by atoms with van der Waals surface area (Å²) in [6.07, 6.45) is 13.4. The Morgan fingerprint density at radius 2 is 0.736 bits per heavy atom. The van der Waals surface area contributed by atoms with Crippen LogP contribution in [0.1, 0.15) is 184 Å². The average Bonchev–Trinajstić information content (AvgIpc) is 0.749. The lowest BCUT2D eigenvalue weighted by Crippen LogP contribution is -2.52. The van der Waals surface area contributed by atoms with Crippen molar-refractivity contribution >= 4 is 82.7 Å². The lowest BCUT2D eigenvalue weighted by Gasteiger charge is -2.49. The van der Waals surface area contributed by atoms with E-state index in [1.165, 1.54) is 62.1 Å². The van der Waals surface area contributed by atoms with Crippen LogP contribution in [0.5, 0.6) is 28.7 Å². The molecular formula is C85H92Br3F4N7O22. The number of Topliss-reactive ketones (excluding diaryl/α,β-unsaturated/α-hetero) is 4. The maximum atomic E-state index is 13.8. The predicted octanol–water partition coefficient (Wildman–Crippen LogP) is 10.4. The van der Waals surface area contributed by atoms with E-state index in [9.17, 15) is 80.5 Å². The number of hydrogen-bond acceptors (Lipinski definition) is 22. The van der Waals surface area contributed by atoms with Crippen LogP contribution in [0.15, 0.2) is 105 Å². The number of carbonyl (C=O) groups is 6. The summed E-state index contributed by atoms with van der Waals surface area (Å²) in [4.78, 5) is 139. The van der Waals surface area contributed by atoms with Crippen molar-refractivity contribution < 1.29 is 99.2 Å². The molecule has 10 aliphatic heterocycles. The lowest BCUT2D eigenvalue weighted by atomic mass is 9.70. The van der Waals surface area contributed by atoms with E-state index in [-0.39, 0.29) is 140 Å². The van der Waals surface area contributed by atoms with Gasteiger partial charge in [0.25, 0.3) is 11.8 Å². The Balaban J connectivity index is 0.000000132. The summed E-state index contributed by atoms with van der Waals surface area (Å²) < 4.78 is 113. The molecule has 0 aliphatic carbocycles.